The second-order valence-electron chi connectivity index (χ2n) is 12.2. The lowest BCUT2D eigenvalue weighted by Crippen LogP contribution is -2.37. The zero-order chi connectivity index (χ0) is 31.4. The minimum atomic E-state index is -4.25. The largest absolute Gasteiger partial charge is 0.472 e. The summed E-state index contributed by atoms with van der Waals surface area (Å²) in [6.45, 7) is 5.49. The highest BCUT2D eigenvalue weighted by Crippen LogP contribution is 2.43. The number of allylic oxidation sites excluding steroid dienone is 4. The molecule has 248 valence electrons. The van der Waals surface area contributed by atoms with Gasteiger partial charge in [0, 0.05) is 13.0 Å². The number of nitrogens with zero attached hydrogens (tertiary/aromatic N) is 1. The van der Waals surface area contributed by atoms with E-state index in [1.165, 1.54) is 44.9 Å². The second-order valence-corrected chi connectivity index (χ2v) is 13.6. The smallest absolute Gasteiger partial charge is 0.457 e. The van der Waals surface area contributed by atoms with E-state index in [4.69, 9.17) is 18.5 Å². The number of phosphoric ester groups is 1. The van der Waals surface area contributed by atoms with Crippen molar-refractivity contribution in [3.63, 3.8) is 0 Å². The number of ether oxygens (including phenoxy) is 2. The number of unbranched alkanes of at least 4 members (excludes halogenated alkanes) is 12. The third-order valence-corrected chi connectivity index (χ3v) is 7.75. The van der Waals surface area contributed by atoms with E-state index in [-0.39, 0.29) is 25.8 Å². The summed E-state index contributed by atoms with van der Waals surface area (Å²) in [5.41, 5.74) is 0. The van der Waals surface area contributed by atoms with Crippen LogP contribution in [0.25, 0.3) is 0 Å². The van der Waals surface area contributed by atoms with Crippen molar-refractivity contribution in [1.29, 1.82) is 0 Å². The summed E-state index contributed by atoms with van der Waals surface area (Å²) >= 11 is 0. The Hall–Kier alpha value is -1.02. The molecular weight excluding hydrogens is 553 g/mol. The van der Waals surface area contributed by atoms with Crippen LogP contribution >= 0.6 is 7.82 Å². The molecule has 8 nitrogen and oxygen atoms in total. The summed E-state index contributed by atoms with van der Waals surface area (Å²) in [6.07, 6.45) is 26.4. The maximum absolute atomic E-state index is 12.5. The van der Waals surface area contributed by atoms with Gasteiger partial charge in [0.25, 0.3) is 0 Å². The van der Waals surface area contributed by atoms with Crippen LogP contribution in [-0.2, 0) is 27.9 Å². The van der Waals surface area contributed by atoms with Gasteiger partial charge in [-0.05, 0) is 38.5 Å². The Morgan fingerprint density at radius 2 is 1.33 bits per heavy atom. The zero-order valence-electron chi connectivity index (χ0n) is 27.7. The van der Waals surface area contributed by atoms with Gasteiger partial charge in [0.15, 0.2) is 0 Å². The van der Waals surface area contributed by atoms with Crippen LogP contribution in [0.5, 0.6) is 0 Å². The lowest BCUT2D eigenvalue weighted by molar-refractivity contribution is -0.870. The molecule has 0 radical (unpaired) electrons. The van der Waals surface area contributed by atoms with Crippen molar-refractivity contribution in [3.8, 4) is 0 Å². The first-order chi connectivity index (χ1) is 20.1. The minimum absolute atomic E-state index is 0.0863. The molecule has 1 N–H and O–H groups in total. The van der Waals surface area contributed by atoms with Gasteiger partial charge < -0.3 is 18.9 Å². The Bertz CT molecular complexity index is 736. The van der Waals surface area contributed by atoms with Crippen LogP contribution in [0.1, 0.15) is 123 Å². The first-order valence-corrected chi connectivity index (χ1v) is 18.1. The van der Waals surface area contributed by atoms with Crippen LogP contribution in [0.3, 0.4) is 0 Å². The molecule has 0 fully saturated rings. The summed E-state index contributed by atoms with van der Waals surface area (Å²) in [4.78, 5) is 22.6. The molecule has 0 aromatic rings. The van der Waals surface area contributed by atoms with Crippen molar-refractivity contribution in [2.75, 3.05) is 54.1 Å². The molecule has 0 saturated carbocycles. The normalized spacial score (nSPS) is 14.5. The fourth-order valence-corrected chi connectivity index (χ4v) is 4.84. The van der Waals surface area contributed by atoms with Gasteiger partial charge in [0.1, 0.15) is 19.3 Å². The zero-order valence-corrected chi connectivity index (χ0v) is 28.6. The van der Waals surface area contributed by atoms with Crippen LogP contribution in [0.4, 0.5) is 0 Å². The first-order valence-electron chi connectivity index (χ1n) is 16.6. The van der Waals surface area contributed by atoms with Gasteiger partial charge >= 0.3 is 13.8 Å². The van der Waals surface area contributed by atoms with Crippen molar-refractivity contribution in [3.05, 3.63) is 24.3 Å². The van der Waals surface area contributed by atoms with E-state index in [9.17, 15) is 14.3 Å². The Balaban J connectivity index is 4.32. The summed E-state index contributed by atoms with van der Waals surface area (Å²) in [5, 5.41) is 0. The van der Waals surface area contributed by atoms with E-state index in [1.54, 1.807) is 0 Å². The lowest BCUT2D eigenvalue weighted by atomic mass is 10.1. The molecule has 2 unspecified atom stereocenters. The molecule has 0 saturated heterocycles. The maximum Gasteiger partial charge on any atom is 0.472 e. The third kappa shape index (κ3) is 30.4. The maximum atomic E-state index is 12.5. The van der Waals surface area contributed by atoms with Crippen molar-refractivity contribution in [2.45, 2.75) is 129 Å². The monoisotopic (exact) mass is 618 g/mol. The molecule has 0 aliphatic rings. The predicted octanol–water partition coefficient (Wildman–Crippen LogP) is 8.54. The van der Waals surface area contributed by atoms with E-state index in [1.807, 2.05) is 21.1 Å². The van der Waals surface area contributed by atoms with Gasteiger partial charge in [0.2, 0.25) is 0 Å². The molecule has 0 spiro atoms. The number of hydrogen-bond acceptors (Lipinski definition) is 6. The SMILES string of the molecule is CCCC/C=C\C/C=C\CCCCCCCC(=O)OC(COCCCCCCCC)COP(=O)(O)OCC[N+](C)(C)C. The molecule has 0 aliphatic heterocycles. The number of carbonyl (C=O) groups is 1. The van der Waals surface area contributed by atoms with E-state index in [0.717, 1.165) is 57.8 Å². The van der Waals surface area contributed by atoms with Gasteiger partial charge in [-0.3, -0.25) is 13.8 Å². The highest BCUT2D eigenvalue weighted by Gasteiger charge is 2.26. The molecule has 0 amide bonds. The number of phosphoric acid groups is 1. The summed E-state index contributed by atoms with van der Waals surface area (Å²) in [6, 6.07) is 0. The van der Waals surface area contributed by atoms with Crippen LogP contribution in [0, 0.1) is 0 Å². The average Bonchev–Trinajstić information content (AvgIpc) is 2.92. The van der Waals surface area contributed by atoms with E-state index in [2.05, 4.69) is 38.2 Å². The van der Waals surface area contributed by atoms with Crippen LogP contribution in [-0.4, -0.2) is 75.6 Å². The number of carbonyl (C=O) groups excluding carboxylic acids is 1. The molecule has 0 heterocycles. The highest BCUT2D eigenvalue weighted by atomic mass is 31.2. The number of rotatable bonds is 30. The van der Waals surface area contributed by atoms with Crippen LogP contribution in [0.2, 0.25) is 0 Å². The molecule has 0 rings (SSSR count). The van der Waals surface area contributed by atoms with Gasteiger partial charge in [-0.2, -0.15) is 0 Å². The molecule has 0 aromatic carbocycles. The van der Waals surface area contributed by atoms with E-state index >= 15 is 0 Å². The quantitative estimate of drug-likeness (QED) is 0.0284. The Morgan fingerprint density at radius 3 is 2.00 bits per heavy atom. The molecule has 0 bridgehead atoms. The fourth-order valence-electron chi connectivity index (χ4n) is 4.10. The second kappa shape index (κ2) is 27.5. The molecule has 9 heteroatoms. The number of hydrogen-bond donors (Lipinski definition) is 1. The van der Waals surface area contributed by atoms with Crippen molar-refractivity contribution < 1.29 is 37.3 Å². The lowest BCUT2D eigenvalue weighted by Gasteiger charge is -2.24. The van der Waals surface area contributed by atoms with E-state index < -0.39 is 13.9 Å². The van der Waals surface area contributed by atoms with Crippen molar-refractivity contribution >= 4 is 13.8 Å². The number of esters is 1. The molecule has 42 heavy (non-hydrogen) atoms. The van der Waals surface area contributed by atoms with Crippen LogP contribution in [0.15, 0.2) is 24.3 Å². The Morgan fingerprint density at radius 1 is 0.738 bits per heavy atom. The summed E-state index contributed by atoms with van der Waals surface area (Å²) in [5.74, 6) is -0.333. The molecule has 0 aliphatic carbocycles. The summed E-state index contributed by atoms with van der Waals surface area (Å²) < 4.78 is 34.5. The standard InChI is InChI=1S/C33H64NO7P/c1-6-8-10-12-14-15-16-17-18-19-20-21-22-24-26-33(35)41-32(30-38-28-25-23-13-11-9-7-2)31-40-42(36,37)39-29-27-34(3,4)5/h12,14,16-17,32H,6-11,13,15,18-31H2,1-5H3/p+1/b14-12-,17-16-. The van der Waals surface area contributed by atoms with Gasteiger partial charge in [-0.15, -0.1) is 0 Å². The average molecular weight is 619 g/mol. The predicted molar refractivity (Wildman–Crippen MR) is 173 cm³/mol. The molecular formula is C33H65NO7P+. The number of quaternary nitrogens is 1. The first kappa shape index (κ1) is 41.0. The topological polar surface area (TPSA) is 91.3 Å². The molecule has 2 atom stereocenters. The molecule has 0 aromatic heterocycles. The van der Waals surface area contributed by atoms with Gasteiger partial charge in [0.05, 0.1) is 34.4 Å². The van der Waals surface area contributed by atoms with Crippen LogP contribution < -0.4 is 0 Å². The highest BCUT2D eigenvalue weighted by molar-refractivity contribution is 7.47. The number of likely N-dealkylation sites (N-methyl/N-ethyl adjacent to an activating group) is 1. The van der Waals surface area contributed by atoms with Crippen molar-refractivity contribution in [2.24, 2.45) is 0 Å². The van der Waals surface area contributed by atoms with E-state index in [0.29, 0.717) is 24.1 Å². The third-order valence-electron chi connectivity index (χ3n) is 6.77. The Kier molecular flexibility index (Phi) is 26.9. The summed E-state index contributed by atoms with van der Waals surface area (Å²) in [7, 11) is 1.65. The minimum Gasteiger partial charge on any atom is -0.457 e. The Labute approximate surface area is 258 Å². The fraction of sp³-hybridized carbons (Fsp3) is 0.848. The van der Waals surface area contributed by atoms with Crippen molar-refractivity contribution in [1.82, 2.24) is 0 Å². The van der Waals surface area contributed by atoms with Gasteiger partial charge in [-0.1, -0.05) is 102 Å². The van der Waals surface area contributed by atoms with Gasteiger partial charge in [-0.25, -0.2) is 4.57 Å².